The van der Waals surface area contributed by atoms with Gasteiger partial charge in [-0.05, 0) is 128 Å². The van der Waals surface area contributed by atoms with Gasteiger partial charge in [0.15, 0.2) is 6.10 Å². The smallest absolute Gasteiger partial charge is 0.306 e. The number of hydrogen-bond acceptors (Lipinski definition) is 5. The van der Waals surface area contributed by atoms with Crippen molar-refractivity contribution in [3.05, 3.63) is 170 Å². The fourth-order valence-corrected chi connectivity index (χ4v) is 7.28. The van der Waals surface area contributed by atoms with Crippen molar-refractivity contribution < 1.29 is 24.2 Å². The van der Waals surface area contributed by atoms with Crippen LogP contribution in [0.2, 0.25) is 0 Å². The molecular weight excluding hydrogens is 885 g/mol. The molecular formula is C67H104O5. The molecule has 0 saturated heterocycles. The average Bonchev–Trinajstić information content (AvgIpc) is 3.38. The number of ether oxygens (including phenoxy) is 2. The van der Waals surface area contributed by atoms with Crippen molar-refractivity contribution in [2.24, 2.45) is 0 Å². The lowest BCUT2D eigenvalue weighted by Crippen LogP contribution is -2.28. The topological polar surface area (TPSA) is 72.8 Å². The van der Waals surface area contributed by atoms with E-state index in [-0.39, 0.29) is 25.2 Å². The van der Waals surface area contributed by atoms with E-state index in [2.05, 4.69) is 184 Å². The fraction of sp³-hybridized carbons (Fsp3) is 0.552. The second-order valence-electron chi connectivity index (χ2n) is 18.2. The monoisotopic (exact) mass is 989 g/mol. The number of hydrogen-bond donors (Lipinski definition) is 1. The van der Waals surface area contributed by atoms with Gasteiger partial charge in [-0.2, -0.15) is 0 Å². The van der Waals surface area contributed by atoms with Crippen LogP contribution in [0.4, 0.5) is 0 Å². The lowest BCUT2D eigenvalue weighted by atomic mass is 10.0. The van der Waals surface area contributed by atoms with Crippen molar-refractivity contribution in [2.45, 2.75) is 225 Å². The van der Waals surface area contributed by atoms with E-state index in [9.17, 15) is 14.7 Å². The molecule has 0 bridgehead atoms. The van der Waals surface area contributed by atoms with Crippen LogP contribution < -0.4 is 0 Å². The first-order valence-corrected chi connectivity index (χ1v) is 28.7. The van der Waals surface area contributed by atoms with E-state index >= 15 is 0 Å². The Bertz CT molecular complexity index is 1640. The third kappa shape index (κ3) is 57.8. The van der Waals surface area contributed by atoms with E-state index in [1.165, 1.54) is 57.8 Å². The van der Waals surface area contributed by atoms with Gasteiger partial charge in [-0.25, -0.2) is 0 Å². The first-order valence-electron chi connectivity index (χ1n) is 28.7. The van der Waals surface area contributed by atoms with Gasteiger partial charge in [0.2, 0.25) is 0 Å². The van der Waals surface area contributed by atoms with Crippen LogP contribution in [0.1, 0.15) is 219 Å². The normalized spacial score (nSPS) is 13.5. The van der Waals surface area contributed by atoms with E-state index in [0.29, 0.717) is 12.8 Å². The average molecular weight is 990 g/mol. The molecule has 5 nitrogen and oxygen atoms in total. The zero-order valence-electron chi connectivity index (χ0n) is 45.9. The van der Waals surface area contributed by atoms with Crippen molar-refractivity contribution in [3.8, 4) is 0 Å². The summed E-state index contributed by atoms with van der Waals surface area (Å²) in [6.45, 7) is 3.87. The summed E-state index contributed by atoms with van der Waals surface area (Å²) in [5, 5.41) is 9.66. The molecule has 0 fully saturated rings. The molecule has 0 rings (SSSR count). The van der Waals surface area contributed by atoms with Crippen molar-refractivity contribution in [1.29, 1.82) is 0 Å². The van der Waals surface area contributed by atoms with E-state index in [1.54, 1.807) is 0 Å². The minimum Gasteiger partial charge on any atom is -0.462 e. The number of carbonyl (C=O) groups excluding carboxylic acids is 2. The summed E-state index contributed by atoms with van der Waals surface area (Å²) in [4.78, 5) is 24.5. The second kappa shape index (κ2) is 60.6. The Balaban J connectivity index is 3.66. The molecule has 5 heteroatoms. The largest absolute Gasteiger partial charge is 0.462 e. The molecule has 1 N–H and O–H groups in total. The highest BCUT2D eigenvalue weighted by molar-refractivity contribution is 5.70. The van der Waals surface area contributed by atoms with Crippen LogP contribution >= 0.6 is 0 Å². The molecule has 0 heterocycles. The number of aliphatic hydroxyl groups is 1. The maximum absolute atomic E-state index is 12.3. The molecule has 0 aliphatic rings. The highest BCUT2D eigenvalue weighted by Crippen LogP contribution is 2.14. The van der Waals surface area contributed by atoms with Gasteiger partial charge in [0.1, 0.15) is 6.61 Å². The molecule has 0 aromatic carbocycles. The molecule has 0 aliphatic carbocycles. The van der Waals surface area contributed by atoms with Crippen LogP contribution in [0.5, 0.6) is 0 Å². The molecule has 402 valence electrons. The fourth-order valence-electron chi connectivity index (χ4n) is 7.28. The number of aliphatic hydroxyl groups excluding tert-OH is 1. The molecule has 0 spiro atoms. The van der Waals surface area contributed by atoms with E-state index in [0.717, 1.165) is 135 Å². The molecule has 0 aromatic rings. The van der Waals surface area contributed by atoms with Crippen molar-refractivity contribution in [2.75, 3.05) is 13.2 Å². The van der Waals surface area contributed by atoms with Crippen molar-refractivity contribution in [1.82, 2.24) is 0 Å². The minimum absolute atomic E-state index is 0.0929. The highest BCUT2D eigenvalue weighted by Gasteiger charge is 2.16. The van der Waals surface area contributed by atoms with Gasteiger partial charge in [-0.15, -0.1) is 0 Å². The molecule has 1 atom stereocenters. The SMILES string of the molecule is CC/C=C\C/C=C\C/C=C\C/C=C\C/C=C\C/C=C\C/C=C\C/C=C\C/C=C\CCCCCC(=O)OC(CO)COC(=O)CCCCCCCCCCCCC/C=C\C/C=C\C/C=C\C/C=C\C/C=C\CC. The van der Waals surface area contributed by atoms with Gasteiger partial charge in [-0.1, -0.05) is 248 Å². The lowest BCUT2D eigenvalue weighted by molar-refractivity contribution is -0.161. The van der Waals surface area contributed by atoms with Gasteiger partial charge >= 0.3 is 11.9 Å². The van der Waals surface area contributed by atoms with E-state index in [4.69, 9.17) is 9.47 Å². The Kier molecular flexibility index (Phi) is 56.6. The number of rotatable bonds is 50. The van der Waals surface area contributed by atoms with Crippen molar-refractivity contribution in [3.63, 3.8) is 0 Å². The summed E-state index contributed by atoms with van der Waals surface area (Å²) in [5.41, 5.74) is 0. The van der Waals surface area contributed by atoms with E-state index < -0.39 is 6.10 Å². The molecule has 1 unspecified atom stereocenters. The predicted octanol–water partition coefficient (Wildman–Crippen LogP) is 19.7. The zero-order valence-corrected chi connectivity index (χ0v) is 45.9. The zero-order chi connectivity index (χ0) is 52.0. The summed E-state index contributed by atoms with van der Waals surface area (Å²) in [6, 6.07) is 0. The second-order valence-corrected chi connectivity index (χ2v) is 18.2. The molecule has 72 heavy (non-hydrogen) atoms. The van der Waals surface area contributed by atoms with Gasteiger partial charge in [-0.3, -0.25) is 9.59 Å². The quantitative estimate of drug-likeness (QED) is 0.0373. The standard InChI is InChI=1S/C67H104O5/c1-3-5-7-9-11-13-15-17-19-21-23-25-27-29-31-32-33-34-36-38-40-42-44-46-48-50-52-54-56-58-60-62-67(70)72-65(63-68)64-71-66(69)61-59-57-55-53-51-49-47-45-43-41-39-37-35-30-28-26-24-22-20-18-16-14-12-10-8-6-4-2/h5-8,11-14,17-20,23-26,29-31,33-35,38,40,44,46,50,52,65,68H,3-4,9-10,15-16,21-22,27-28,32,36-37,39,41-43,45,47-49,51,53-64H2,1-2H3/b7-5-,8-6-,13-11-,14-12-,19-17-,20-18-,25-23-,26-24-,31-29-,34-33-,35-30-,40-38-,46-44-,52-50-. The van der Waals surface area contributed by atoms with Crippen LogP contribution in [-0.4, -0.2) is 36.4 Å². The number of carbonyl (C=O) groups is 2. The summed E-state index contributed by atoms with van der Waals surface area (Å²) in [6.07, 6.45) is 94.6. The Morgan fingerprint density at radius 2 is 0.556 bits per heavy atom. The van der Waals surface area contributed by atoms with Crippen LogP contribution in [-0.2, 0) is 19.1 Å². The van der Waals surface area contributed by atoms with Gasteiger partial charge < -0.3 is 14.6 Å². The van der Waals surface area contributed by atoms with Crippen LogP contribution in [0.25, 0.3) is 0 Å². The molecule has 0 radical (unpaired) electrons. The Morgan fingerprint density at radius 1 is 0.319 bits per heavy atom. The number of allylic oxidation sites excluding steroid dienone is 28. The Hall–Kier alpha value is -4.74. The van der Waals surface area contributed by atoms with Crippen LogP contribution in [0, 0.1) is 0 Å². The molecule has 0 aromatic heterocycles. The first-order chi connectivity index (χ1) is 35.6. The highest BCUT2D eigenvalue weighted by atomic mass is 16.6. The molecule has 0 amide bonds. The first kappa shape index (κ1) is 67.3. The Labute approximate surface area is 443 Å². The van der Waals surface area contributed by atoms with Crippen LogP contribution in [0.15, 0.2) is 170 Å². The van der Waals surface area contributed by atoms with Gasteiger partial charge in [0, 0.05) is 12.8 Å². The summed E-state index contributed by atoms with van der Waals surface area (Å²) in [7, 11) is 0. The van der Waals surface area contributed by atoms with Crippen LogP contribution in [0.3, 0.4) is 0 Å². The number of esters is 2. The Morgan fingerprint density at radius 3 is 0.847 bits per heavy atom. The minimum atomic E-state index is -0.806. The third-order valence-corrected chi connectivity index (χ3v) is 11.5. The predicted molar refractivity (Wildman–Crippen MR) is 315 cm³/mol. The van der Waals surface area contributed by atoms with Gasteiger partial charge in [0.25, 0.3) is 0 Å². The lowest BCUT2D eigenvalue weighted by Gasteiger charge is -2.15. The maximum Gasteiger partial charge on any atom is 0.306 e. The maximum atomic E-state index is 12.3. The summed E-state index contributed by atoms with van der Waals surface area (Å²) >= 11 is 0. The van der Waals surface area contributed by atoms with E-state index in [1.807, 2.05) is 0 Å². The summed E-state index contributed by atoms with van der Waals surface area (Å²) in [5.74, 6) is -0.645. The summed E-state index contributed by atoms with van der Waals surface area (Å²) < 4.78 is 10.7. The number of unbranched alkanes of at least 4 members (excludes halogenated alkanes) is 14. The van der Waals surface area contributed by atoms with Gasteiger partial charge in [0.05, 0.1) is 6.61 Å². The van der Waals surface area contributed by atoms with Crippen molar-refractivity contribution >= 4 is 11.9 Å². The third-order valence-electron chi connectivity index (χ3n) is 11.5. The molecule has 0 saturated carbocycles. The molecule has 0 aliphatic heterocycles.